The van der Waals surface area contributed by atoms with E-state index in [1.807, 2.05) is 30.3 Å². The zero-order valence-electron chi connectivity index (χ0n) is 16.9. The molecule has 0 radical (unpaired) electrons. The van der Waals surface area contributed by atoms with Gasteiger partial charge in [0.05, 0.1) is 22.4 Å². The fourth-order valence-electron chi connectivity index (χ4n) is 3.51. The predicted molar refractivity (Wildman–Crippen MR) is 118 cm³/mol. The largest absolute Gasteiger partial charge is 0.454 e. The predicted octanol–water partition coefficient (Wildman–Crippen LogP) is 3.69. The summed E-state index contributed by atoms with van der Waals surface area (Å²) < 4.78 is 10.8. The maximum atomic E-state index is 12.4. The van der Waals surface area contributed by atoms with E-state index in [1.54, 1.807) is 12.1 Å². The number of nitrogens with zero attached hydrogens (tertiary/aromatic N) is 1. The smallest absolute Gasteiger partial charge is 0.234 e. The van der Waals surface area contributed by atoms with Gasteiger partial charge in [0.15, 0.2) is 11.5 Å². The number of benzene rings is 2. The van der Waals surface area contributed by atoms with E-state index < -0.39 is 5.92 Å². The van der Waals surface area contributed by atoms with Crippen molar-refractivity contribution in [3.8, 4) is 17.6 Å². The lowest BCUT2D eigenvalue weighted by atomic mass is 9.87. The molecule has 1 atom stereocenters. The Bertz CT molecular complexity index is 1090. The molecule has 4 rings (SSSR count). The van der Waals surface area contributed by atoms with Gasteiger partial charge in [-0.05, 0) is 41.8 Å². The van der Waals surface area contributed by atoms with Gasteiger partial charge in [-0.15, -0.1) is 0 Å². The molecule has 7 nitrogen and oxygen atoms in total. The molecule has 2 aliphatic heterocycles. The molecule has 0 unspecified atom stereocenters. The molecule has 0 aliphatic carbocycles. The molecule has 8 heteroatoms. The highest BCUT2D eigenvalue weighted by Crippen LogP contribution is 2.40. The fourth-order valence-corrected chi connectivity index (χ4v) is 4.38. The summed E-state index contributed by atoms with van der Waals surface area (Å²) in [6.45, 7) is 2.22. The number of hydrogen-bond donors (Lipinski definition) is 2. The van der Waals surface area contributed by atoms with Crippen molar-refractivity contribution in [1.82, 2.24) is 5.32 Å². The van der Waals surface area contributed by atoms with Crippen molar-refractivity contribution in [2.75, 3.05) is 17.9 Å². The van der Waals surface area contributed by atoms with Crippen molar-refractivity contribution in [3.63, 3.8) is 0 Å². The van der Waals surface area contributed by atoms with Crippen LogP contribution < -0.4 is 20.1 Å². The lowest BCUT2D eigenvalue weighted by molar-refractivity contribution is -0.121. The quantitative estimate of drug-likeness (QED) is 0.718. The topological polar surface area (TPSA) is 100 Å². The summed E-state index contributed by atoms with van der Waals surface area (Å²) in [6, 6.07) is 15.3. The van der Waals surface area contributed by atoms with Crippen LogP contribution in [0.25, 0.3) is 0 Å². The molecule has 0 saturated carbocycles. The lowest BCUT2D eigenvalue weighted by Crippen LogP contribution is -2.31. The number of aryl methyl sites for hydroxylation is 1. The van der Waals surface area contributed by atoms with Crippen LogP contribution in [-0.2, 0) is 16.0 Å². The summed E-state index contributed by atoms with van der Waals surface area (Å²) in [5.41, 5.74) is 3.14. The molecule has 0 spiro atoms. The number of amides is 2. The van der Waals surface area contributed by atoms with Gasteiger partial charge in [0.1, 0.15) is 0 Å². The van der Waals surface area contributed by atoms with Crippen molar-refractivity contribution in [1.29, 1.82) is 5.26 Å². The van der Waals surface area contributed by atoms with Crippen molar-refractivity contribution in [3.05, 3.63) is 64.2 Å². The Labute approximate surface area is 184 Å². The zero-order chi connectivity index (χ0) is 21.8. The molecule has 2 aromatic carbocycles. The van der Waals surface area contributed by atoms with E-state index in [0.29, 0.717) is 27.8 Å². The molecule has 2 amide bonds. The number of allylic oxidation sites excluding steroid dienone is 1. The van der Waals surface area contributed by atoms with Crippen LogP contribution in [0, 0.1) is 11.3 Å². The van der Waals surface area contributed by atoms with Gasteiger partial charge in [0.25, 0.3) is 0 Å². The minimum absolute atomic E-state index is 0.0736. The Kier molecular flexibility index (Phi) is 6.14. The van der Waals surface area contributed by atoms with Gasteiger partial charge < -0.3 is 20.1 Å². The number of ether oxygens (including phenoxy) is 2. The SMILES string of the molecule is CCc1ccc(NC(=O)CSC2=C(C#N)[C@@H](c3ccc4c(c3)OCO4)CC(=O)N2)cc1. The number of nitriles is 1. The molecule has 158 valence electrons. The van der Waals surface area contributed by atoms with E-state index in [2.05, 4.69) is 23.6 Å². The minimum atomic E-state index is -0.402. The molecule has 31 heavy (non-hydrogen) atoms. The second-order valence-corrected chi connectivity index (χ2v) is 8.15. The summed E-state index contributed by atoms with van der Waals surface area (Å²) in [7, 11) is 0. The van der Waals surface area contributed by atoms with Crippen LogP contribution in [0.15, 0.2) is 53.1 Å². The average molecular weight is 436 g/mol. The summed E-state index contributed by atoms with van der Waals surface area (Å²) >= 11 is 1.15. The first kappa shape index (κ1) is 20.8. The second-order valence-electron chi connectivity index (χ2n) is 7.16. The van der Waals surface area contributed by atoms with Crippen LogP contribution in [0.1, 0.15) is 30.4 Å². The standard InChI is InChI=1S/C23H21N3O4S/c1-2-14-3-6-16(7-4-14)25-22(28)12-31-23-18(11-24)17(10-21(27)26-23)15-5-8-19-20(9-15)30-13-29-19/h3-9,17H,2,10,12-13H2,1H3,(H,25,28)(H,26,27)/t17-/m1/s1. The van der Waals surface area contributed by atoms with E-state index in [1.165, 1.54) is 5.56 Å². The maximum Gasteiger partial charge on any atom is 0.234 e. The van der Waals surface area contributed by atoms with Crippen LogP contribution in [0.4, 0.5) is 5.69 Å². The first-order valence-electron chi connectivity index (χ1n) is 9.92. The van der Waals surface area contributed by atoms with Gasteiger partial charge in [-0.25, -0.2) is 0 Å². The Hall–Kier alpha value is -3.44. The van der Waals surface area contributed by atoms with E-state index >= 15 is 0 Å². The molecule has 2 aliphatic rings. The summed E-state index contributed by atoms with van der Waals surface area (Å²) in [4.78, 5) is 24.7. The van der Waals surface area contributed by atoms with Gasteiger partial charge in [-0.1, -0.05) is 36.9 Å². The summed E-state index contributed by atoms with van der Waals surface area (Å²) in [5, 5.41) is 15.8. The normalized spacial score (nSPS) is 17.2. The van der Waals surface area contributed by atoms with E-state index in [0.717, 1.165) is 23.7 Å². The maximum absolute atomic E-state index is 12.4. The highest BCUT2D eigenvalue weighted by molar-refractivity contribution is 8.03. The first-order chi connectivity index (χ1) is 15.1. The van der Waals surface area contributed by atoms with E-state index in [9.17, 15) is 14.9 Å². The van der Waals surface area contributed by atoms with Crippen molar-refractivity contribution in [2.24, 2.45) is 0 Å². The summed E-state index contributed by atoms with van der Waals surface area (Å²) in [6.07, 6.45) is 1.09. The number of anilines is 1. The monoisotopic (exact) mass is 435 g/mol. The summed E-state index contributed by atoms with van der Waals surface area (Å²) in [5.74, 6) is 0.510. The number of hydrogen-bond acceptors (Lipinski definition) is 6. The third kappa shape index (κ3) is 4.67. The Morgan fingerprint density at radius 2 is 2.00 bits per heavy atom. The van der Waals surface area contributed by atoms with Gasteiger partial charge in [-0.3, -0.25) is 9.59 Å². The third-order valence-electron chi connectivity index (χ3n) is 5.15. The van der Waals surface area contributed by atoms with Crippen molar-refractivity contribution in [2.45, 2.75) is 25.7 Å². The molecule has 0 saturated heterocycles. The number of nitrogens with one attached hydrogen (secondary N) is 2. The van der Waals surface area contributed by atoms with Gasteiger partial charge in [-0.2, -0.15) is 5.26 Å². The minimum Gasteiger partial charge on any atom is -0.454 e. The number of carbonyl (C=O) groups is 2. The van der Waals surface area contributed by atoms with Crippen LogP contribution in [0.3, 0.4) is 0 Å². The number of rotatable bonds is 6. The van der Waals surface area contributed by atoms with E-state index in [-0.39, 0.29) is 30.8 Å². The van der Waals surface area contributed by atoms with Crippen LogP contribution >= 0.6 is 11.8 Å². The number of thioether (sulfide) groups is 1. The molecule has 2 aromatic rings. The van der Waals surface area contributed by atoms with Gasteiger partial charge in [0, 0.05) is 18.0 Å². The Morgan fingerprint density at radius 1 is 1.23 bits per heavy atom. The molecule has 0 bridgehead atoms. The van der Waals surface area contributed by atoms with E-state index in [4.69, 9.17) is 9.47 Å². The van der Waals surface area contributed by atoms with Crippen LogP contribution in [0.5, 0.6) is 11.5 Å². The highest BCUT2D eigenvalue weighted by atomic mass is 32.2. The zero-order valence-corrected chi connectivity index (χ0v) is 17.8. The Morgan fingerprint density at radius 3 is 2.74 bits per heavy atom. The molecule has 0 aromatic heterocycles. The molecule has 2 N–H and O–H groups in total. The molecule has 2 heterocycles. The Balaban J connectivity index is 1.48. The third-order valence-corrected chi connectivity index (χ3v) is 6.17. The number of carbonyl (C=O) groups excluding carboxylic acids is 2. The van der Waals surface area contributed by atoms with Gasteiger partial charge in [0.2, 0.25) is 18.6 Å². The highest BCUT2D eigenvalue weighted by Gasteiger charge is 2.31. The second kappa shape index (κ2) is 9.14. The average Bonchev–Trinajstić information content (AvgIpc) is 3.25. The molecule has 0 fully saturated rings. The number of fused-ring (bicyclic) bond motifs is 1. The first-order valence-corrected chi connectivity index (χ1v) is 10.9. The van der Waals surface area contributed by atoms with Crippen LogP contribution in [-0.4, -0.2) is 24.4 Å². The molecular weight excluding hydrogens is 414 g/mol. The van der Waals surface area contributed by atoms with Gasteiger partial charge >= 0.3 is 0 Å². The lowest BCUT2D eigenvalue weighted by Gasteiger charge is -2.25. The molecular formula is C23H21N3O4S. The van der Waals surface area contributed by atoms with Crippen molar-refractivity contribution < 1.29 is 19.1 Å². The fraction of sp³-hybridized carbons (Fsp3) is 0.261. The van der Waals surface area contributed by atoms with Crippen LogP contribution in [0.2, 0.25) is 0 Å². The van der Waals surface area contributed by atoms with Crippen molar-refractivity contribution >= 4 is 29.3 Å².